The van der Waals surface area contributed by atoms with E-state index in [4.69, 9.17) is 0 Å². The van der Waals surface area contributed by atoms with Crippen LogP contribution < -0.4 is 10.2 Å². The van der Waals surface area contributed by atoms with Crippen LogP contribution in [0.4, 0.5) is 11.8 Å². The first kappa shape index (κ1) is 14.1. The van der Waals surface area contributed by atoms with E-state index in [0.717, 1.165) is 23.6 Å². The lowest BCUT2D eigenvalue weighted by molar-refractivity contribution is 0.696. The fraction of sp³-hybridized carbons (Fsp3) is 0.571. The van der Waals surface area contributed by atoms with Crippen molar-refractivity contribution in [3.63, 3.8) is 0 Å². The molecule has 104 valence electrons. The van der Waals surface area contributed by atoms with E-state index in [1.54, 1.807) is 11.3 Å². The molecule has 0 aromatic carbocycles. The summed E-state index contributed by atoms with van der Waals surface area (Å²) in [7, 11) is 1.87. The van der Waals surface area contributed by atoms with Gasteiger partial charge in [0.1, 0.15) is 10.6 Å². The molecule has 0 aliphatic rings. The van der Waals surface area contributed by atoms with Crippen molar-refractivity contribution in [1.82, 2.24) is 9.97 Å². The van der Waals surface area contributed by atoms with E-state index in [0.29, 0.717) is 12.0 Å². The van der Waals surface area contributed by atoms with Crippen LogP contribution in [0.2, 0.25) is 0 Å². The van der Waals surface area contributed by atoms with Gasteiger partial charge in [0.15, 0.2) is 0 Å². The molecule has 5 heteroatoms. The van der Waals surface area contributed by atoms with Gasteiger partial charge in [0.05, 0.1) is 5.39 Å². The molecular formula is C14H22N4S. The van der Waals surface area contributed by atoms with Crippen molar-refractivity contribution in [2.24, 2.45) is 0 Å². The Balaban J connectivity index is 2.65. The molecule has 0 saturated carbocycles. The third-order valence-electron chi connectivity index (χ3n) is 3.23. The number of anilines is 2. The highest BCUT2D eigenvalue weighted by molar-refractivity contribution is 7.18. The number of aryl methyl sites for hydroxylation is 1. The largest absolute Gasteiger partial charge is 0.357 e. The molecule has 2 rings (SSSR count). The number of fused-ring (bicyclic) bond motifs is 1. The van der Waals surface area contributed by atoms with Gasteiger partial charge in [-0.05, 0) is 33.3 Å². The van der Waals surface area contributed by atoms with Crippen LogP contribution in [0, 0.1) is 0 Å². The lowest BCUT2D eigenvalue weighted by atomic mass is 10.2. The number of thiophene rings is 1. The quantitative estimate of drug-likeness (QED) is 0.908. The summed E-state index contributed by atoms with van der Waals surface area (Å²) in [5, 5.41) is 4.24. The predicted octanol–water partition coefficient (Wildman–Crippen LogP) is 3.53. The monoisotopic (exact) mass is 278 g/mol. The average molecular weight is 278 g/mol. The lowest BCUT2D eigenvalue weighted by Gasteiger charge is -2.27. The summed E-state index contributed by atoms with van der Waals surface area (Å²) in [5.74, 6) is 1.74. The Kier molecular flexibility index (Phi) is 4.24. The van der Waals surface area contributed by atoms with E-state index < -0.39 is 0 Å². The van der Waals surface area contributed by atoms with Gasteiger partial charge in [-0.1, -0.05) is 6.92 Å². The van der Waals surface area contributed by atoms with Gasteiger partial charge in [0, 0.05) is 24.5 Å². The topological polar surface area (TPSA) is 41.1 Å². The molecule has 0 aliphatic heterocycles. The Morgan fingerprint density at radius 2 is 2.05 bits per heavy atom. The van der Waals surface area contributed by atoms with Crippen molar-refractivity contribution >= 4 is 33.3 Å². The molecule has 4 nitrogen and oxygen atoms in total. The van der Waals surface area contributed by atoms with Crippen molar-refractivity contribution in [3.05, 3.63) is 10.9 Å². The zero-order valence-corrected chi connectivity index (χ0v) is 13.1. The normalized spacial score (nSPS) is 11.3. The summed E-state index contributed by atoms with van der Waals surface area (Å²) in [6, 6.07) is 2.66. The lowest BCUT2D eigenvalue weighted by Crippen LogP contribution is -2.31. The average Bonchev–Trinajstić information content (AvgIpc) is 2.81. The molecule has 0 aliphatic carbocycles. The van der Waals surface area contributed by atoms with Gasteiger partial charge in [-0.3, -0.25) is 0 Å². The molecule has 2 aromatic heterocycles. The summed E-state index contributed by atoms with van der Waals surface area (Å²) in [4.78, 5) is 14.0. The van der Waals surface area contributed by atoms with Crippen LogP contribution in [0.25, 0.3) is 10.2 Å². The molecule has 0 spiro atoms. The van der Waals surface area contributed by atoms with Gasteiger partial charge in [-0.25, -0.2) is 4.98 Å². The smallest absolute Gasteiger partial charge is 0.225 e. The van der Waals surface area contributed by atoms with E-state index >= 15 is 0 Å². The molecule has 0 amide bonds. The second-order valence-electron chi connectivity index (χ2n) is 4.79. The highest BCUT2D eigenvalue weighted by Crippen LogP contribution is 2.33. The standard InChI is InChI=1S/C14H22N4S/c1-6-10-8-11-12(18(7-2)9(3)4)16-14(15-5)17-13(11)19-10/h8-9H,6-7H2,1-5H3,(H,15,16,17). The van der Waals surface area contributed by atoms with Crippen molar-refractivity contribution in [3.8, 4) is 0 Å². The van der Waals surface area contributed by atoms with Gasteiger partial charge < -0.3 is 10.2 Å². The van der Waals surface area contributed by atoms with Crippen LogP contribution in [0.15, 0.2) is 6.07 Å². The maximum absolute atomic E-state index is 4.67. The van der Waals surface area contributed by atoms with E-state index in [2.05, 4.69) is 53.9 Å². The fourth-order valence-electron chi connectivity index (χ4n) is 2.22. The van der Waals surface area contributed by atoms with Gasteiger partial charge in [0.25, 0.3) is 0 Å². The van der Waals surface area contributed by atoms with Crippen LogP contribution in [0.5, 0.6) is 0 Å². The van der Waals surface area contributed by atoms with Crippen LogP contribution in [0.1, 0.15) is 32.6 Å². The first-order valence-corrected chi connectivity index (χ1v) is 7.67. The summed E-state index contributed by atoms with van der Waals surface area (Å²) < 4.78 is 0. The zero-order chi connectivity index (χ0) is 14.0. The number of hydrogen-bond donors (Lipinski definition) is 1. The molecule has 0 atom stereocenters. The Hall–Kier alpha value is -1.36. The van der Waals surface area contributed by atoms with E-state index in [1.807, 2.05) is 7.05 Å². The molecule has 2 heterocycles. The molecule has 0 saturated heterocycles. The fourth-order valence-corrected chi connectivity index (χ4v) is 3.18. The molecular weight excluding hydrogens is 256 g/mol. The molecule has 2 aromatic rings. The summed E-state index contributed by atoms with van der Waals surface area (Å²) in [6.07, 6.45) is 1.04. The molecule has 0 radical (unpaired) electrons. The molecule has 0 fully saturated rings. The third kappa shape index (κ3) is 2.66. The first-order chi connectivity index (χ1) is 9.10. The summed E-state index contributed by atoms with van der Waals surface area (Å²) >= 11 is 1.76. The van der Waals surface area contributed by atoms with Gasteiger partial charge in [0.2, 0.25) is 5.95 Å². The second-order valence-corrected chi connectivity index (χ2v) is 5.90. The summed E-state index contributed by atoms with van der Waals surface area (Å²) in [5.41, 5.74) is 0. The maximum Gasteiger partial charge on any atom is 0.225 e. The number of nitrogens with one attached hydrogen (secondary N) is 1. The SMILES string of the molecule is CCc1cc2c(N(CC)C(C)C)nc(NC)nc2s1. The second kappa shape index (κ2) is 5.74. The molecule has 0 unspecified atom stereocenters. The van der Waals surface area contributed by atoms with Gasteiger partial charge in [-0.15, -0.1) is 11.3 Å². The van der Waals surface area contributed by atoms with Crippen LogP contribution >= 0.6 is 11.3 Å². The van der Waals surface area contributed by atoms with E-state index in [-0.39, 0.29) is 0 Å². The van der Waals surface area contributed by atoms with Crippen molar-refractivity contribution in [2.75, 3.05) is 23.8 Å². The highest BCUT2D eigenvalue weighted by Gasteiger charge is 2.17. The Morgan fingerprint density at radius 1 is 1.32 bits per heavy atom. The molecule has 1 N–H and O–H groups in total. The minimum absolute atomic E-state index is 0.429. The van der Waals surface area contributed by atoms with Crippen LogP contribution in [-0.4, -0.2) is 29.6 Å². The predicted molar refractivity (Wildman–Crippen MR) is 84.5 cm³/mol. The van der Waals surface area contributed by atoms with Crippen LogP contribution in [-0.2, 0) is 6.42 Å². The number of nitrogens with zero attached hydrogens (tertiary/aromatic N) is 3. The van der Waals surface area contributed by atoms with E-state index in [9.17, 15) is 0 Å². The molecule has 19 heavy (non-hydrogen) atoms. The highest BCUT2D eigenvalue weighted by atomic mass is 32.1. The Morgan fingerprint density at radius 3 is 2.58 bits per heavy atom. The number of hydrogen-bond acceptors (Lipinski definition) is 5. The van der Waals surface area contributed by atoms with Crippen LogP contribution in [0.3, 0.4) is 0 Å². The summed E-state index contributed by atoms with van der Waals surface area (Å²) in [6.45, 7) is 9.69. The van der Waals surface area contributed by atoms with E-state index in [1.165, 1.54) is 10.3 Å². The van der Waals surface area contributed by atoms with Crippen molar-refractivity contribution in [1.29, 1.82) is 0 Å². The van der Waals surface area contributed by atoms with Crippen molar-refractivity contribution < 1.29 is 0 Å². The van der Waals surface area contributed by atoms with Gasteiger partial charge >= 0.3 is 0 Å². The van der Waals surface area contributed by atoms with Gasteiger partial charge in [-0.2, -0.15) is 4.98 Å². The number of aromatic nitrogens is 2. The Bertz CT molecular complexity index is 562. The minimum Gasteiger partial charge on any atom is -0.357 e. The zero-order valence-electron chi connectivity index (χ0n) is 12.3. The van der Waals surface area contributed by atoms with Crippen molar-refractivity contribution in [2.45, 2.75) is 40.2 Å². The maximum atomic E-state index is 4.67. The minimum atomic E-state index is 0.429. The Labute approximate surface area is 118 Å². The third-order valence-corrected chi connectivity index (χ3v) is 4.41. The first-order valence-electron chi connectivity index (χ1n) is 6.85. The number of rotatable bonds is 5. The molecule has 0 bridgehead atoms.